The monoisotopic (exact) mass is 290 g/mol. The van der Waals surface area contributed by atoms with Crippen molar-refractivity contribution in [2.45, 2.75) is 12.8 Å². The van der Waals surface area contributed by atoms with Gasteiger partial charge in [-0.05, 0) is 37.0 Å². The van der Waals surface area contributed by atoms with Crippen molar-refractivity contribution in [3.05, 3.63) is 35.1 Å². The summed E-state index contributed by atoms with van der Waals surface area (Å²) in [4.78, 5) is 12.1. The summed E-state index contributed by atoms with van der Waals surface area (Å²) in [5.41, 5.74) is 5.90. The maximum atomic E-state index is 13.8. The van der Waals surface area contributed by atoms with Crippen LogP contribution in [0.15, 0.2) is 18.2 Å². The molecule has 0 aromatic heterocycles. The van der Waals surface area contributed by atoms with Gasteiger partial charge in [-0.25, -0.2) is 4.39 Å². The highest BCUT2D eigenvalue weighted by Gasteiger charge is 2.17. The number of rotatable bonds is 3. The Morgan fingerprint density at radius 3 is 2.90 bits per heavy atom. The molecule has 1 amide bonds. The molecule has 2 rings (SSSR count). The van der Waals surface area contributed by atoms with Gasteiger partial charge in [0.2, 0.25) is 0 Å². The van der Waals surface area contributed by atoms with Crippen LogP contribution in [-0.2, 0) is 4.74 Å². The second-order valence-electron chi connectivity index (χ2n) is 4.97. The third-order valence-corrected chi connectivity index (χ3v) is 3.44. The second-order valence-corrected chi connectivity index (χ2v) is 4.97. The third-order valence-electron chi connectivity index (χ3n) is 3.44. The normalized spacial score (nSPS) is 15.1. The van der Waals surface area contributed by atoms with Crippen LogP contribution in [0.4, 0.5) is 4.39 Å². The number of hydrogen-bond acceptors (Lipinski definition) is 3. The summed E-state index contributed by atoms with van der Waals surface area (Å²) in [6, 6.07) is 4.24. The minimum Gasteiger partial charge on any atom is -0.381 e. The number of carbonyl (C=O) groups excluding carboxylic acids is 1. The van der Waals surface area contributed by atoms with E-state index in [1.54, 1.807) is 0 Å². The third kappa shape index (κ3) is 4.55. The lowest BCUT2D eigenvalue weighted by Crippen LogP contribution is -2.32. The molecule has 1 aliphatic heterocycles. The van der Waals surface area contributed by atoms with E-state index in [9.17, 15) is 9.18 Å². The van der Waals surface area contributed by atoms with Crippen LogP contribution >= 0.6 is 0 Å². The highest BCUT2D eigenvalue weighted by Crippen LogP contribution is 2.14. The SMILES string of the molecule is NCC#Cc1ccc(F)c(C(=O)NCC2CCOCC2)c1. The molecule has 21 heavy (non-hydrogen) atoms. The highest BCUT2D eigenvalue weighted by atomic mass is 19.1. The van der Waals surface area contributed by atoms with Gasteiger partial charge in [0, 0.05) is 25.3 Å². The predicted molar refractivity (Wildman–Crippen MR) is 78.2 cm³/mol. The molecule has 1 aromatic carbocycles. The molecular weight excluding hydrogens is 271 g/mol. The standard InChI is InChI=1S/C16H19FN2O2/c17-15-4-3-12(2-1-7-18)10-14(15)16(20)19-11-13-5-8-21-9-6-13/h3-4,10,13H,5-9,11,18H2,(H,19,20). The molecule has 1 aliphatic rings. The maximum Gasteiger partial charge on any atom is 0.254 e. The summed E-state index contributed by atoms with van der Waals surface area (Å²) in [7, 11) is 0. The van der Waals surface area contributed by atoms with Crippen molar-refractivity contribution in [1.82, 2.24) is 5.32 Å². The van der Waals surface area contributed by atoms with Gasteiger partial charge in [-0.1, -0.05) is 11.8 Å². The Hall–Kier alpha value is -1.90. The van der Waals surface area contributed by atoms with Gasteiger partial charge in [0.25, 0.3) is 5.91 Å². The molecule has 3 N–H and O–H groups in total. The molecule has 0 aliphatic carbocycles. The molecule has 1 heterocycles. The molecule has 4 nitrogen and oxygen atoms in total. The molecule has 0 unspecified atom stereocenters. The Morgan fingerprint density at radius 1 is 1.43 bits per heavy atom. The van der Waals surface area contributed by atoms with Crippen LogP contribution < -0.4 is 11.1 Å². The molecule has 0 spiro atoms. The van der Waals surface area contributed by atoms with Crippen LogP contribution in [0, 0.1) is 23.6 Å². The fraction of sp³-hybridized carbons (Fsp3) is 0.438. The molecule has 0 radical (unpaired) electrons. The number of ether oxygens (including phenoxy) is 1. The fourth-order valence-electron chi connectivity index (χ4n) is 2.21. The van der Waals surface area contributed by atoms with Crippen molar-refractivity contribution in [2.75, 3.05) is 26.3 Å². The van der Waals surface area contributed by atoms with Crippen molar-refractivity contribution < 1.29 is 13.9 Å². The maximum absolute atomic E-state index is 13.8. The van der Waals surface area contributed by atoms with Crippen LogP contribution in [0.3, 0.4) is 0 Å². The smallest absolute Gasteiger partial charge is 0.254 e. The lowest BCUT2D eigenvalue weighted by Gasteiger charge is -2.22. The predicted octanol–water partition coefficient (Wildman–Crippen LogP) is 1.29. The van der Waals surface area contributed by atoms with E-state index in [-0.39, 0.29) is 12.1 Å². The van der Waals surface area contributed by atoms with Crippen LogP contribution in [0.25, 0.3) is 0 Å². The van der Waals surface area contributed by atoms with E-state index in [0.717, 1.165) is 26.1 Å². The number of amides is 1. The summed E-state index contributed by atoms with van der Waals surface area (Å²) in [5, 5.41) is 2.79. The quantitative estimate of drug-likeness (QED) is 0.825. The van der Waals surface area contributed by atoms with Gasteiger partial charge in [0.1, 0.15) is 5.82 Å². The summed E-state index contributed by atoms with van der Waals surface area (Å²) >= 11 is 0. The first-order valence-electron chi connectivity index (χ1n) is 7.05. The van der Waals surface area contributed by atoms with Crippen LogP contribution in [0.1, 0.15) is 28.8 Å². The van der Waals surface area contributed by atoms with Crippen molar-refractivity contribution in [2.24, 2.45) is 11.7 Å². The molecule has 0 saturated carbocycles. The Balaban J connectivity index is 2.00. The average molecular weight is 290 g/mol. The van der Waals surface area contributed by atoms with Crippen LogP contribution in [-0.4, -0.2) is 32.2 Å². The Labute approximate surface area is 123 Å². The lowest BCUT2D eigenvalue weighted by molar-refractivity contribution is 0.0642. The Bertz CT molecular complexity index is 557. The van der Waals surface area contributed by atoms with Crippen molar-refractivity contribution >= 4 is 5.91 Å². The highest BCUT2D eigenvalue weighted by molar-refractivity contribution is 5.94. The number of hydrogen-bond donors (Lipinski definition) is 2. The van der Waals surface area contributed by atoms with Crippen molar-refractivity contribution in [1.29, 1.82) is 0 Å². The molecule has 112 valence electrons. The number of nitrogens with two attached hydrogens (primary N) is 1. The summed E-state index contributed by atoms with van der Waals surface area (Å²) in [6.07, 6.45) is 1.84. The van der Waals surface area contributed by atoms with Crippen molar-refractivity contribution in [3.8, 4) is 11.8 Å². The zero-order valence-corrected chi connectivity index (χ0v) is 11.8. The molecule has 0 bridgehead atoms. The number of halogens is 1. The zero-order valence-electron chi connectivity index (χ0n) is 11.8. The molecule has 0 atom stereocenters. The van der Waals surface area contributed by atoms with Gasteiger partial charge in [-0.15, -0.1) is 0 Å². The van der Waals surface area contributed by atoms with E-state index in [1.807, 2.05) is 0 Å². The molecule has 1 fully saturated rings. The first-order valence-corrected chi connectivity index (χ1v) is 7.05. The Morgan fingerprint density at radius 2 is 2.19 bits per heavy atom. The van der Waals surface area contributed by atoms with Gasteiger partial charge >= 0.3 is 0 Å². The van der Waals surface area contributed by atoms with Gasteiger partial charge in [-0.3, -0.25) is 4.79 Å². The average Bonchev–Trinajstić information content (AvgIpc) is 2.53. The number of nitrogens with one attached hydrogen (secondary N) is 1. The Kier molecular flexibility index (Phi) is 5.73. The largest absolute Gasteiger partial charge is 0.381 e. The van der Waals surface area contributed by atoms with Gasteiger partial charge in [-0.2, -0.15) is 0 Å². The van der Waals surface area contributed by atoms with E-state index < -0.39 is 11.7 Å². The fourth-order valence-corrected chi connectivity index (χ4v) is 2.21. The zero-order chi connectivity index (χ0) is 15.1. The molecule has 1 aromatic rings. The first kappa shape index (κ1) is 15.5. The van der Waals surface area contributed by atoms with E-state index in [1.165, 1.54) is 18.2 Å². The number of benzene rings is 1. The van der Waals surface area contributed by atoms with Gasteiger partial charge in [0.15, 0.2) is 0 Å². The second kappa shape index (κ2) is 7.77. The summed E-state index contributed by atoms with van der Waals surface area (Å²) in [5.74, 6) is 4.92. The summed E-state index contributed by atoms with van der Waals surface area (Å²) < 4.78 is 19.0. The minimum absolute atomic E-state index is 0.0193. The lowest BCUT2D eigenvalue weighted by atomic mass is 10.0. The van der Waals surface area contributed by atoms with Crippen LogP contribution in [0.5, 0.6) is 0 Å². The molecular formula is C16H19FN2O2. The van der Waals surface area contributed by atoms with E-state index in [2.05, 4.69) is 17.2 Å². The number of carbonyl (C=O) groups is 1. The van der Waals surface area contributed by atoms with Gasteiger partial charge < -0.3 is 15.8 Å². The van der Waals surface area contributed by atoms with Crippen molar-refractivity contribution in [3.63, 3.8) is 0 Å². The molecule has 5 heteroatoms. The van der Waals surface area contributed by atoms with Gasteiger partial charge in [0.05, 0.1) is 12.1 Å². The van der Waals surface area contributed by atoms with E-state index >= 15 is 0 Å². The summed E-state index contributed by atoms with van der Waals surface area (Å²) in [6.45, 7) is 2.21. The van der Waals surface area contributed by atoms with E-state index in [0.29, 0.717) is 18.0 Å². The molecule has 1 saturated heterocycles. The first-order chi connectivity index (χ1) is 10.2. The van der Waals surface area contributed by atoms with E-state index in [4.69, 9.17) is 10.5 Å². The minimum atomic E-state index is -0.544. The topological polar surface area (TPSA) is 64.4 Å². The van der Waals surface area contributed by atoms with Crippen LogP contribution in [0.2, 0.25) is 0 Å².